The Kier molecular flexibility index (Phi) is 5.45. The average Bonchev–Trinajstić information content (AvgIpc) is 2.38. The fourth-order valence-corrected chi connectivity index (χ4v) is 1.43. The number of aliphatic hydroxyl groups excluding tert-OH is 3. The summed E-state index contributed by atoms with van der Waals surface area (Å²) >= 11 is 0. The molecule has 92 valence electrons. The number of nitrogens with zero attached hydrogens (tertiary/aromatic N) is 3. The van der Waals surface area contributed by atoms with Crippen molar-refractivity contribution in [2.24, 2.45) is 5.11 Å². The van der Waals surface area contributed by atoms with E-state index in [1.807, 2.05) is 0 Å². The van der Waals surface area contributed by atoms with Crippen LogP contribution in [0.15, 0.2) is 29.4 Å². The highest BCUT2D eigenvalue weighted by Gasteiger charge is 2.17. The van der Waals surface area contributed by atoms with Crippen molar-refractivity contribution >= 4 is 0 Å². The molecular weight excluding hydrogens is 222 g/mol. The molecule has 0 radical (unpaired) electrons. The van der Waals surface area contributed by atoms with Crippen molar-refractivity contribution in [2.75, 3.05) is 6.54 Å². The molecule has 17 heavy (non-hydrogen) atoms. The van der Waals surface area contributed by atoms with Crippen molar-refractivity contribution in [1.29, 1.82) is 0 Å². The van der Waals surface area contributed by atoms with Crippen molar-refractivity contribution in [3.8, 4) is 0 Å². The van der Waals surface area contributed by atoms with Crippen molar-refractivity contribution in [3.63, 3.8) is 0 Å². The molecule has 0 aromatic heterocycles. The normalized spacial score (nSPS) is 13.8. The lowest BCUT2D eigenvalue weighted by atomic mass is 10.0. The zero-order valence-corrected chi connectivity index (χ0v) is 9.27. The standard InChI is InChI=1S/C11H15N3O3/c12-14-13-6-5-10(16)11(17)9-3-1-8(7-15)2-4-9/h1-4,10-11,15-17H,5-7H2. The van der Waals surface area contributed by atoms with Crippen LogP contribution in [0.3, 0.4) is 0 Å². The lowest BCUT2D eigenvalue weighted by Gasteiger charge is -2.17. The summed E-state index contributed by atoms with van der Waals surface area (Å²) in [7, 11) is 0. The Morgan fingerprint density at radius 2 is 1.88 bits per heavy atom. The summed E-state index contributed by atoms with van der Waals surface area (Å²) in [6.07, 6.45) is -1.79. The van der Waals surface area contributed by atoms with Crippen LogP contribution in [-0.4, -0.2) is 28.0 Å². The van der Waals surface area contributed by atoms with Gasteiger partial charge in [-0.3, -0.25) is 0 Å². The number of hydrogen-bond donors (Lipinski definition) is 3. The Labute approximate surface area is 98.8 Å². The number of aliphatic hydroxyl groups is 3. The number of benzene rings is 1. The third kappa shape index (κ3) is 4.05. The van der Waals surface area contributed by atoms with Crippen molar-refractivity contribution in [2.45, 2.75) is 25.2 Å². The fourth-order valence-electron chi connectivity index (χ4n) is 1.43. The monoisotopic (exact) mass is 237 g/mol. The maximum Gasteiger partial charge on any atom is 0.105 e. The van der Waals surface area contributed by atoms with Gasteiger partial charge >= 0.3 is 0 Å². The van der Waals surface area contributed by atoms with E-state index in [4.69, 9.17) is 10.6 Å². The van der Waals surface area contributed by atoms with Crippen molar-refractivity contribution in [3.05, 3.63) is 45.8 Å². The van der Waals surface area contributed by atoms with Gasteiger partial charge in [0.2, 0.25) is 0 Å². The van der Waals surface area contributed by atoms with Gasteiger partial charge in [-0.05, 0) is 23.1 Å². The van der Waals surface area contributed by atoms with Crippen LogP contribution in [0.2, 0.25) is 0 Å². The van der Waals surface area contributed by atoms with E-state index in [1.54, 1.807) is 24.3 Å². The lowest BCUT2D eigenvalue weighted by Crippen LogP contribution is -2.19. The van der Waals surface area contributed by atoms with E-state index in [9.17, 15) is 10.2 Å². The van der Waals surface area contributed by atoms with Gasteiger partial charge in [0.15, 0.2) is 0 Å². The SMILES string of the molecule is [N-]=[N+]=NCCC(O)C(O)c1ccc(CO)cc1. The van der Waals surface area contributed by atoms with Crippen LogP contribution in [0.5, 0.6) is 0 Å². The first-order valence-electron chi connectivity index (χ1n) is 5.25. The number of hydrogen-bond acceptors (Lipinski definition) is 4. The first-order chi connectivity index (χ1) is 8.19. The minimum absolute atomic E-state index is 0.0597. The molecule has 0 bridgehead atoms. The summed E-state index contributed by atoms with van der Waals surface area (Å²) in [5.41, 5.74) is 9.39. The average molecular weight is 237 g/mol. The molecule has 0 amide bonds. The number of azide groups is 1. The second-order valence-corrected chi connectivity index (χ2v) is 3.66. The minimum Gasteiger partial charge on any atom is -0.392 e. The molecule has 0 saturated heterocycles. The van der Waals surface area contributed by atoms with Gasteiger partial charge in [-0.15, -0.1) is 0 Å². The molecule has 0 aliphatic heterocycles. The van der Waals surface area contributed by atoms with E-state index in [-0.39, 0.29) is 19.6 Å². The molecule has 3 N–H and O–H groups in total. The van der Waals surface area contributed by atoms with Gasteiger partial charge in [0.25, 0.3) is 0 Å². The maximum atomic E-state index is 9.80. The van der Waals surface area contributed by atoms with Gasteiger partial charge in [0.1, 0.15) is 6.10 Å². The van der Waals surface area contributed by atoms with Crippen LogP contribution in [0.1, 0.15) is 23.7 Å². The third-order valence-corrected chi connectivity index (χ3v) is 2.46. The van der Waals surface area contributed by atoms with Gasteiger partial charge in [-0.2, -0.15) is 0 Å². The molecule has 1 aromatic rings. The molecule has 2 atom stereocenters. The molecule has 0 aliphatic rings. The van der Waals surface area contributed by atoms with Crippen LogP contribution in [0, 0.1) is 0 Å². The Bertz CT molecular complexity index is 387. The fraction of sp³-hybridized carbons (Fsp3) is 0.455. The Balaban J connectivity index is 2.60. The van der Waals surface area contributed by atoms with Crippen LogP contribution in [0.25, 0.3) is 10.4 Å². The van der Waals surface area contributed by atoms with Crippen molar-refractivity contribution < 1.29 is 15.3 Å². The molecule has 0 saturated carbocycles. The van der Waals surface area contributed by atoms with Crippen LogP contribution < -0.4 is 0 Å². The molecule has 0 spiro atoms. The first-order valence-corrected chi connectivity index (χ1v) is 5.25. The molecule has 6 heteroatoms. The summed E-state index contributed by atoms with van der Waals surface area (Å²) in [5, 5.41) is 31.6. The van der Waals surface area contributed by atoms with E-state index in [0.29, 0.717) is 5.56 Å². The molecule has 1 rings (SSSR count). The van der Waals surface area contributed by atoms with E-state index < -0.39 is 12.2 Å². The molecule has 1 aromatic carbocycles. The highest BCUT2D eigenvalue weighted by Crippen LogP contribution is 2.19. The van der Waals surface area contributed by atoms with E-state index in [2.05, 4.69) is 10.0 Å². The van der Waals surface area contributed by atoms with Crippen LogP contribution in [-0.2, 0) is 6.61 Å². The summed E-state index contributed by atoms with van der Waals surface area (Å²) in [4.78, 5) is 2.57. The highest BCUT2D eigenvalue weighted by atomic mass is 16.3. The van der Waals surface area contributed by atoms with Crippen LogP contribution in [0.4, 0.5) is 0 Å². The molecule has 0 heterocycles. The smallest absolute Gasteiger partial charge is 0.105 e. The molecule has 0 fully saturated rings. The largest absolute Gasteiger partial charge is 0.392 e. The van der Waals surface area contributed by atoms with Gasteiger partial charge in [0, 0.05) is 11.5 Å². The highest BCUT2D eigenvalue weighted by molar-refractivity contribution is 5.24. The second-order valence-electron chi connectivity index (χ2n) is 3.66. The quantitative estimate of drug-likeness (QED) is 0.393. The molecule has 6 nitrogen and oxygen atoms in total. The summed E-state index contributed by atoms with van der Waals surface area (Å²) in [6, 6.07) is 6.65. The zero-order valence-electron chi connectivity index (χ0n) is 9.27. The van der Waals surface area contributed by atoms with Gasteiger partial charge < -0.3 is 15.3 Å². The van der Waals surface area contributed by atoms with Crippen molar-refractivity contribution in [1.82, 2.24) is 0 Å². The van der Waals surface area contributed by atoms with E-state index in [0.717, 1.165) is 5.56 Å². The minimum atomic E-state index is -1.02. The third-order valence-electron chi connectivity index (χ3n) is 2.46. The predicted molar refractivity (Wildman–Crippen MR) is 62.0 cm³/mol. The van der Waals surface area contributed by atoms with E-state index in [1.165, 1.54) is 0 Å². The first kappa shape index (κ1) is 13.5. The van der Waals surface area contributed by atoms with Gasteiger partial charge in [0.05, 0.1) is 12.7 Å². The number of rotatable bonds is 6. The second kappa shape index (κ2) is 6.88. The van der Waals surface area contributed by atoms with Crippen LogP contribution >= 0.6 is 0 Å². The predicted octanol–water partition coefficient (Wildman–Crippen LogP) is 1.27. The molecular formula is C11H15N3O3. The Hall–Kier alpha value is -1.59. The maximum absolute atomic E-state index is 9.80. The Morgan fingerprint density at radius 1 is 1.24 bits per heavy atom. The van der Waals surface area contributed by atoms with Gasteiger partial charge in [-0.1, -0.05) is 29.4 Å². The molecule has 0 aliphatic carbocycles. The van der Waals surface area contributed by atoms with E-state index >= 15 is 0 Å². The summed E-state index contributed by atoms with van der Waals surface area (Å²) < 4.78 is 0. The molecule has 2 unspecified atom stereocenters. The Morgan fingerprint density at radius 3 is 2.41 bits per heavy atom. The topological polar surface area (TPSA) is 109 Å². The van der Waals surface area contributed by atoms with Gasteiger partial charge in [-0.25, -0.2) is 0 Å². The summed E-state index contributed by atoms with van der Waals surface area (Å²) in [5.74, 6) is 0. The zero-order chi connectivity index (χ0) is 12.7. The summed E-state index contributed by atoms with van der Waals surface area (Å²) in [6.45, 7) is 0.0826. The lowest BCUT2D eigenvalue weighted by molar-refractivity contribution is 0.0150.